The minimum Gasteiger partial charge on any atom is -0.492 e. The lowest BCUT2D eigenvalue weighted by molar-refractivity contribution is 0.160. The molecule has 2 aromatic carbocycles. The molecule has 29 heavy (non-hydrogen) atoms. The third kappa shape index (κ3) is 5.37. The van der Waals surface area contributed by atoms with Gasteiger partial charge in [0.05, 0.1) is 5.69 Å². The summed E-state index contributed by atoms with van der Waals surface area (Å²) in [6.07, 6.45) is 4.51. The molecule has 150 valence electrons. The van der Waals surface area contributed by atoms with Gasteiger partial charge in [0.1, 0.15) is 12.4 Å². The van der Waals surface area contributed by atoms with E-state index in [2.05, 4.69) is 41.1 Å². The lowest BCUT2D eigenvalue weighted by Gasteiger charge is -2.29. The standard InChI is InChI=1S/C25H27ClN2O/c1-19-12-14-28(15-13-19)16-17-29-24-9-4-21(5-10-24)25-11-6-22(18-27-25)20-2-7-23(26)8-3-20/h2-11,18-19H,12-17H2,1H3. The number of piperidine rings is 1. The minimum absolute atomic E-state index is 0.738. The summed E-state index contributed by atoms with van der Waals surface area (Å²) >= 11 is 5.97. The zero-order valence-electron chi connectivity index (χ0n) is 16.9. The van der Waals surface area contributed by atoms with Gasteiger partial charge in [0.25, 0.3) is 0 Å². The average Bonchev–Trinajstić information content (AvgIpc) is 2.76. The summed E-state index contributed by atoms with van der Waals surface area (Å²) in [5, 5.41) is 0.742. The minimum atomic E-state index is 0.738. The fourth-order valence-corrected chi connectivity index (χ4v) is 3.80. The summed E-state index contributed by atoms with van der Waals surface area (Å²) in [6.45, 7) is 6.47. The van der Waals surface area contributed by atoms with Crippen LogP contribution in [0.3, 0.4) is 0 Å². The SMILES string of the molecule is CC1CCN(CCOc2ccc(-c3ccc(-c4ccc(Cl)cc4)cn3)cc2)CC1. The molecule has 1 aliphatic heterocycles. The molecule has 0 amide bonds. The molecule has 1 saturated heterocycles. The van der Waals surface area contributed by atoms with Crippen molar-refractivity contribution in [3.05, 3.63) is 71.9 Å². The molecule has 3 nitrogen and oxygen atoms in total. The highest BCUT2D eigenvalue weighted by Crippen LogP contribution is 2.25. The number of hydrogen-bond donors (Lipinski definition) is 0. The van der Waals surface area contributed by atoms with Crippen LogP contribution in [0.5, 0.6) is 5.75 Å². The molecule has 0 aliphatic carbocycles. The lowest BCUT2D eigenvalue weighted by atomic mass is 9.99. The smallest absolute Gasteiger partial charge is 0.119 e. The van der Waals surface area contributed by atoms with E-state index in [-0.39, 0.29) is 0 Å². The van der Waals surface area contributed by atoms with Gasteiger partial charge >= 0.3 is 0 Å². The average molecular weight is 407 g/mol. The van der Waals surface area contributed by atoms with E-state index < -0.39 is 0 Å². The van der Waals surface area contributed by atoms with E-state index in [1.54, 1.807) is 0 Å². The maximum atomic E-state index is 5.97. The van der Waals surface area contributed by atoms with Crippen molar-refractivity contribution >= 4 is 11.6 Å². The van der Waals surface area contributed by atoms with Gasteiger partial charge in [-0.25, -0.2) is 0 Å². The molecule has 0 radical (unpaired) electrons. The van der Waals surface area contributed by atoms with Gasteiger partial charge < -0.3 is 4.74 Å². The van der Waals surface area contributed by atoms with Crippen molar-refractivity contribution in [2.75, 3.05) is 26.2 Å². The first-order valence-electron chi connectivity index (χ1n) is 10.3. The number of rotatable bonds is 6. The monoisotopic (exact) mass is 406 g/mol. The van der Waals surface area contributed by atoms with Gasteiger partial charge in [-0.1, -0.05) is 36.7 Å². The van der Waals surface area contributed by atoms with Crippen LogP contribution in [0.15, 0.2) is 66.9 Å². The molecule has 2 heterocycles. The number of aromatic nitrogens is 1. The number of halogens is 1. The van der Waals surface area contributed by atoms with Crippen molar-refractivity contribution < 1.29 is 4.74 Å². The maximum absolute atomic E-state index is 5.97. The topological polar surface area (TPSA) is 25.4 Å². The summed E-state index contributed by atoms with van der Waals surface area (Å²) in [5.74, 6) is 1.78. The summed E-state index contributed by atoms with van der Waals surface area (Å²) in [7, 11) is 0. The highest BCUT2D eigenvalue weighted by molar-refractivity contribution is 6.30. The molecule has 0 atom stereocenters. The highest BCUT2D eigenvalue weighted by Gasteiger charge is 2.15. The normalized spacial score (nSPS) is 15.4. The Bertz CT molecular complexity index is 899. The molecule has 0 bridgehead atoms. The Kier molecular flexibility index (Phi) is 6.48. The van der Waals surface area contributed by atoms with Crippen molar-refractivity contribution in [3.8, 4) is 28.1 Å². The number of likely N-dealkylation sites (tertiary alicyclic amines) is 1. The predicted octanol–water partition coefficient (Wildman–Crippen LogP) is 6.18. The second-order valence-electron chi connectivity index (χ2n) is 7.84. The molecular formula is C25H27ClN2O. The highest BCUT2D eigenvalue weighted by atomic mass is 35.5. The molecule has 0 N–H and O–H groups in total. The zero-order valence-corrected chi connectivity index (χ0v) is 17.6. The molecule has 0 spiro atoms. The first kappa shape index (κ1) is 19.9. The molecule has 0 saturated carbocycles. The van der Waals surface area contributed by atoms with Crippen molar-refractivity contribution in [2.45, 2.75) is 19.8 Å². The van der Waals surface area contributed by atoms with Crippen LogP contribution >= 0.6 is 11.6 Å². The second kappa shape index (κ2) is 9.43. The van der Waals surface area contributed by atoms with Gasteiger partial charge in [-0.2, -0.15) is 0 Å². The van der Waals surface area contributed by atoms with E-state index in [1.165, 1.54) is 25.9 Å². The Labute approximate surface area is 178 Å². The van der Waals surface area contributed by atoms with Crippen LogP contribution < -0.4 is 4.74 Å². The Hall–Kier alpha value is -2.36. The van der Waals surface area contributed by atoms with Gasteiger partial charge in [0.2, 0.25) is 0 Å². The van der Waals surface area contributed by atoms with E-state index in [4.69, 9.17) is 16.3 Å². The fourth-order valence-electron chi connectivity index (χ4n) is 3.68. The molecule has 1 fully saturated rings. The Morgan fingerprint density at radius 3 is 2.21 bits per heavy atom. The fraction of sp³-hybridized carbons (Fsp3) is 0.320. The number of hydrogen-bond acceptors (Lipinski definition) is 3. The van der Waals surface area contributed by atoms with Crippen LogP contribution in [0.25, 0.3) is 22.4 Å². The molecular weight excluding hydrogens is 380 g/mol. The summed E-state index contributed by atoms with van der Waals surface area (Å²) in [6, 6.07) is 20.2. The number of nitrogens with zero attached hydrogens (tertiary/aromatic N) is 2. The van der Waals surface area contributed by atoms with Gasteiger partial charge in [0.15, 0.2) is 0 Å². The van der Waals surface area contributed by atoms with Gasteiger partial charge in [-0.15, -0.1) is 0 Å². The molecule has 4 rings (SSSR count). The van der Waals surface area contributed by atoms with Crippen LogP contribution in [0.2, 0.25) is 5.02 Å². The van der Waals surface area contributed by atoms with E-state index in [0.717, 1.165) is 52.2 Å². The Morgan fingerprint density at radius 1 is 0.897 bits per heavy atom. The first-order chi connectivity index (χ1) is 14.2. The van der Waals surface area contributed by atoms with Crippen molar-refractivity contribution in [1.82, 2.24) is 9.88 Å². The summed E-state index contributed by atoms with van der Waals surface area (Å²) in [5.41, 5.74) is 4.24. The van der Waals surface area contributed by atoms with Crippen LogP contribution in [0.1, 0.15) is 19.8 Å². The van der Waals surface area contributed by atoms with Gasteiger partial charge in [-0.3, -0.25) is 9.88 Å². The quantitative estimate of drug-likeness (QED) is 0.488. The van der Waals surface area contributed by atoms with Crippen LogP contribution in [0.4, 0.5) is 0 Å². The maximum Gasteiger partial charge on any atom is 0.119 e. The predicted molar refractivity (Wildman–Crippen MR) is 120 cm³/mol. The van der Waals surface area contributed by atoms with Gasteiger partial charge in [-0.05, 0) is 79.9 Å². The molecule has 1 aromatic heterocycles. The van der Waals surface area contributed by atoms with Crippen molar-refractivity contribution in [1.29, 1.82) is 0 Å². The van der Waals surface area contributed by atoms with Crippen LogP contribution in [-0.2, 0) is 0 Å². The third-order valence-electron chi connectivity index (χ3n) is 5.64. The lowest BCUT2D eigenvalue weighted by Crippen LogP contribution is -2.35. The van der Waals surface area contributed by atoms with Crippen molar-refractivity contribution in [3.63, 3.8) is 0 Å². The Morgan fingerprint density at radius 2 is 1.55 bits per heavy atom. The third-order valence-corrected chi connectivity index (χ3v) is 5.90. The largest absolute Gasteiger partial charge is 0.492 e. The molecule has 1 aliphatic rings. The van der Waals surface area contributed by atoms with E-state index in [9.17, 15) is 0 Å². The summed E-state index contributed by atoms with van der Waals surface area (Å²) < 4.78 is 5.94. The molecule has 0 unspecified atom stereocenters. The second-order valence-corrected chi connectivity index (χ2v) is 8.27. The number of ether oxygens (including phenoxy) is 1. The van der Waals surface area contributed by atoms with E-state index in [0.29, 0.717) is 0 Å². The molecule has 3 aromatic rings. The zero-order chi connectivity index (χ0) is 20.1. The van der Waals surface area contributed by atoms with E-state index in [1.807, 2.05) is 42.6 Å². The Balaban J connectivity index is 1.32. The first-order valence-corrected chi connectivity index (χ1v) is 10.7. The molecule has 4 heteroatoms. The van der Waals surface area contributed by atoms with Gasteiger partial charge in [0, 0.05) is 28.9 Å². The number of benzene rings is 2. The van der Waals surface area contributed by atoms with Crippen LogP contribution in [-0.4, -0.2) is 36.1 Å². The van der Waals surface area contributed by atoms with E-state index >= 15 is 0 Å². The summed E-state index contributed by atoms with van der Waals surface area (Å²) in [4.78, 5) is 7.13. The van der Waals surface area contributed by atoms with Crippen molar-refractivity contribution in [2.24, 2.45) is 5.92 Å². The number of pyridine rings is 1. The van der Waals surface area contributed by atoms with Crippen LogP contribution in [0, 0.1) is 5.92 Å².